The summed E-state index contributed by atoms with van der Waals surface area (Å²) >= 11 is 0. The molecule has 0 radical (unpaired) electrons. The van der Waals surface area contributed by atoms with Gasteiger partial charge in [0.25, 0.3) is 0 Å². The Hall–Kier alpha value is -1.86. The summed E-state index contributed by atoms with van der Waals surface area (Å²) in [4.78, 5) is 0. The first-order valence-corrected chi connectivity index (χ1v) is 9.16. The number of aryl methyl sites for hydroxylation is 2. The topological polar surface area (TPSA) is 115 Å². The van der Waals surface area contributed by atoms with Crippen molar-refractivity contribution in [3.05, 3.63) is 22.8 Å². The van der Waals surface area contributed by atoms with Crippen LogP contribution in [-0.4, -0.2) is 32.4 Å². The Morgan fingerprint density at radius 1 is 1.08 bits per heavy atom. The predicted molar refractivity (Wildman–Crippen MR) is 73.8 cm³/mol. The highest BCUT2D eigenvalue weighted by molar-refractivity contribution is 8.13. The van der Waals surface area contributed by atoms with Crippen LogP contribution in [0.25, 0.3) is 4.13 Å². The van der Waals surface area contributed by atoms with E-state index in [-0.39, 0.29) is 0 Å². The number of alkyl halides is 6. The van der Waals surface area contributed by atoms with Crippen molar-refractivity contribution in [1.82, 2.24) is 4.57 Å². The molecular weight excluding hydrogens is 418 g/mol. The normalized spacial score (nSPS) is 12.8. The molecule has 0 unspecified atom stereocenters. The zero-order valence-corrected chi connectivity index (χ0v) is 14.5. The summed E-state index contributed by atoms with van der Waals surface area (Å²) in [5, 5.41) is 8.29. The van der Waals surface area contributed by atoms with E-state index in [2.05, 4.69) is 10.6 Å². The number of nitrogens with zero attached hydrogens (tertiary/aromatic N) is 4. The molecule has 26 heavy (non-hydrogen) atoms. The molecule has 0 bridgehead atoms. The van der Waals surface area contributed by atoms with Gasteiger partial charge in [0.05, 0.1) is 19.7 Å². The Kier molecular flexibility index (Phi) is 8.06. The fraction of sp³-hybridized carbons (Fsp3) is 0.600. The smallest absolute Gasteiger partial charge is 0.421 e. The van der Waals surface area contributed by atoms with Crippen molar-refractivity contribution < 1.29 is 47.7 Å². The molecule has 8 nitrogen and oxygen atoms in total. The minimum absolute atomic E-state index is 0.641. The van der Waals surface area contributed by atoms with Gasteiger partial charge in [-0.05, 0) is 6.42 Å². The Labute approximate surface area is 144 Å². The molecule has 0 spiro atoms. The molecule has 0 aromatic carbocycles. The van der Waals surface area contributed by atoms with Gasteiger partial charge in [-0.15, -0.1) is 0 Å². The SMILES string of the molecule is C[n+]1ccn(CCCC#N)c1.O=S(=O)([N-]S(=O)(=O)C(F)(F)F)C(F)(F)F. The molecule has 0 atom stereocenters. The van der Waals surface area contributed by atoms with Gasteiger partial charge in [-0.3, -0.25) is 0 Å². The van der Waals surface area contributed by atoms with Crippen LogP contribution in [0.2, 0.25) is 0 Å². The monoisotopic (exact) mass is 430 g/mol. The predicted octanol–water partition coefficient (Wildman–Crippen LogP) is 1.68. The molecule has 150 valence electrons. The van der Waals surface area contributed by atoms with Gasteiger partial charge in [0.2, 0.25) is 6.33 Å². The van der Waals surface area contributed by atoms with Gasteiger partial charge in [0.1, 0.15) is 12.4 Å². The second kappa shape index (κ2) is 8.68. The first kappa shape index (κ1) is 24.1. The van der Waals surface area contributed by atoms with Crippen molar-refractivity contribution in [2.75, 3.05) is 0 Å². The van der Waals surface area contributed by atoms with Crippen molar-refractivity contribution in [2.24, 2.45) is 7.05 Å². The summed E-state index contributed by atoms with van der Waals surface area (Å²) in [6, 6.07) is 2.12. The first-order valence-electron chi connectivity index (χ1n) is 6.28. The lowest BCUT2D eigenvalue weighted by molar-refractivity contribution is -0.671. The van der Waals surface area contributed by atoms with Crippen LogP contribution < -0.4 is 4.57 Å². The van der Waals surface area contributed by atoms with Crippen LogP contribution in [0.3, 0.4) is 0 Å². The molecule has 16 heteroatoms. The maximum atomic E-state index is 11.4. The second-order valence-electron chi connectivity index (χ2n) is 4.49. The molecule has 0 fully saturated rings. The maximum Gasteiger partial charge on any atom is 0.480 e. The van der Waals surface area contributed by atoms with Crippen LogP contribution in [0.1, 0.15) is 12.8 Å². The number of unbranched alkanes of at least 4 members (excludes halogenated alkanes) is 1. The summed E-state index contributed by atoms with van der Waals surface area (Å²) in [5.41, 5.74) is -12.4. The number of aromatic nitrogens is 2. The lowest BCUT2D eigenvalue weighted by Gasteiger charge is -2.22. The van der Waals surface area contributed by atoms with Gasteiger partial charge in [0.15, 0.2) is 20.0 Å². The van der Waals surface area contributed by atoms with E-state index >= 15 is 0 Å². The zero-order chi connectivity index (χ0) is 20.8. The molecule has 0 amide bonds. The molecule has 0 aliphatic heterocycles. The van der Waals surface area contributed by atoms with E-state index in [4.69, 9.17) is 5.26 Å². The number of imidazole rings is 1. The Morgan fingerprint density at radius 2 is 1.54 bits per heavy atom. The summed E-state index contributed by atoms with van der Waals surface area (Å²) < 4.78 is 113. The Balaban J connectivity index is 0.000000502. The first-order chi connectivity index (χ1) is 11.5. The maximum absolute atomic E-state index is 11.4. The minimum atomic E-state index is -6.72. The van der Waals surface area contributed by atoms with Gasteiger partial charge >= 0.3 is 11.0 Å². The number of halogens is 6. The molecule has 1 heterocycles. The highest BCUT2D eigenvalue weighted by Gasteiger charge is 2.46. The average Bonchev–Trinajstić information content (AvgIpc) is 2.82. The number of rotatable bonds is 5. The molecular formula is C10H12F6N4O4S2. The number of hydrogen-bond donors (Lipinski definition) is 0. The summed E-state index contributed by atoms with van der Waals surface area (Å²) in [7, 11) is -11.5. The lowest BCUT2D eigenvalue weighted by atomic mass is 10.3. The van der Waals surface area contributed by atoms with Gasteiger partial charge in [-0.25, -0.2) is 26.0 Å². The van der Waals surface area contributed by atoms with Gasteiger partial charge < -0.3 is 4.13 Å². The van der Waals surface area contributed by atoms with E-state index in [1.165, 1.54) is 0 Å². The van der Waals surface area contributed by atoms with E-state index in [1.54, 1.807) is 0 Å². The highest BCUT2D eigenvalue weighted by Crippen LogP contribution is 2.36. The molecule has 0 aliphatic rings. The van der Waals surface area contributed by atoms with Gasteiger partial charge in [0, 0.05) is 6.42 Å². The van der Waals surface area contributed by atoms with Crippen LogP contribution in [0.5, 0.6) is 0 Å². The van der Waals surface area contributed by atoms with E-state index in [1.807, 2.05) is 30.3 Å². The van der Waals surface area contributed by atoms with Crippen LogP contribution in [-0.2, 0) is 33.6 Å². The third-order valence-electron chi connectivity index (χ3n) is 2.31. The van der Waals surface area contributed by atoms with Crippen molar-refractivity contribution in [3.8, 4) is 6.07 Å². The van der Waals surface area contributed by atoms with Crippen LogP contribution in [0.4, 0.5) is 26.3 Å². The van der Waals surface area contributed by atoms with Crippen molar-refractivity contribution in [3.63, 3.8) is 0 Å². The molecule has 0 saturated heterocycles. The summed E-state index contributed by atoms with van der Waals surface area (Å²) in [6.07, 6.45) is 7.59. The van der Waals surface area contributed by atoms with Crippen LogP contribution in [0, 0.1) is 11.3 Å². The molecule has 0 aliphatic carbocycles. The average molecular weight is 430 g/mol. The van der Waals surface area contributed by atoms with E-state index in [0.29, 0.717) is 6.42 Å². The second-order valence-corrected chi connectivity index (χ2v) is 7.92. The third-order valence-corrected chi connectivity index (χ3v) is 5.05. The Bertz CT molecular complexity index is 794. The zero-order valence-electron chi connectivity index (χ0n) is 12.9. The summed E-state index contributed by atoms with van der Waals surface area (Å²) in [5.74, 6) is 0. The van der Waals surface area contributed by atoms with E-state index < -0.39 is 31.1 Å². The van der Waals surface area contributed by atoms with E-state index in [0.717, 1.165) is 17.1 Å². The van der Waals surface area contributed by atoms with Crippen LogP contribution in [0.15, 0.2) is 18.7 Å². The van der Waals surface area contributed by atoms with E-state index in [9.17, 15) is 43.2 Å². The molecule has 0 saturated carbocycles. The van der Waals surface area contributed by atoms with Crippen molar-refractivity contribution >= 4 is 20.0 Å². The molecule has 1 aromatic heterocycles. The highest BCUT2D eigenvalue weighted by atomic mass is 32.3. The van der Waals surface area contributed by atoms with Crippen LogP contribution >= 0.6 is 0 Å². The third kappa shape index (κ3) is 7.58. The largest absolute Gasteiger partial charge is 0.480 e. The summed E-state index contributed by atoms with van der Waals surface area (Å²) in [6.45, 7) is 0.939. The minimum Gasteiger partial charge on any atom is -0.421 e. The number of nitriles is 1. The van der Waals surface area contributed by atoms with Crippen molar-refractivity contribution in [2.45, 2.75) is 30.4 Å². The Morgan fingerprint density at radius 3 is 1.85 bits per heavy atom. The molecule has 0 N–H and O–H groups in total. The van der Waals surface area contributed by atoms with Gasteiger partial charge in [-0.1, -0.05) is 0 Å². The van der Waals surface area contributed by atoms with Gasteiger partial charge in [-0.2, -0.15) is 31.6 Å². The number of hydrogen-bond acceptors (Lipinski definition) is 5. The number of sulfonamides is 2. The molecule has 1 aromatic rings. The lowest BCUT2D eigenvalue weighted by Crippen LogP contribution is -2.30. The standard InChI is InChI=1S/C8H12N3.C2F6NO4S2/c1-10-6-7-11(8-10)5-3-2-4-9;3-1(4,5)14(10,11)9-15(12,13)2(6,7)8/h6-8H,2-3,5H2,1H3;/q+1;-1. The quantitative estimate of drug-likeness (QED) is 0.400. The van der Waals surface area contributed by atoms with Crippen molar-refractivity contribution in [1.29, 1.82) is 5.26 Å². The fourth-order valence-electron chi connectivity index (χ4n) is 1.19. The fourth-order valence-corrected chi connectivity index (χ4v) is 2.90. The molecule has 1 rings (SSSR count).